The summed E-state index contributed by atoms with van der Waals surface area (Å²) in [5.41, 5.74) is 1.78. The molecule has 3 fully saturated rings. The van der Waals surface area contributed by atoms with Crippen LogP contribution in [0.25, 0.3) is 0 Å². The fraction of sp³-hybridized carbons (Fsp3) is 0.923. The summed E-state index contributed by atoms with van der Waals surface area (Å²) in [6.07, 6.45) is 12.3. The van der Waals surface area contributed by atoms with E-state index < -0.39 is 5.60 Å². The third kappa shape index (κ3) is 3.85. The van der Waals surface area contributed by atoms with Crippen LogP contribution in [0.1, 0.15) is 86.0 Å². The standard InChI is InChI=1S/C26H45NO2/c1-17(15-27-16-24(2,3)29)21-8-9-22-20-7-6-18-14-19(28)10-12-25(18,4)23(20)11-13-26(21,22)5/h6,17,19-23,27-29H,7-16H2,1-5H3/t17-,19+,20+,21-,22+,23+,25+,26-/m1/s1. The predicted octanol–water partition coefficient (Wildman–Crippen LogP) is 4.92. The summed E-state index contributed by atoms with van der Waals surface area (Å²) in [5.74, 6) is 4.01. The summed E-state index contributed by atoms with van der Waals surface area (Å²) >= 11 is 0. The molecule has 166 valence electrons. The molecule has 0 spiro atoms. The molecule has 3 nitrogen and oxygen atoms in total. The van der Waals surface area contributed by atoms with Crippen LogP contribution in [-0.4, -0.2) is 35.0 Å². The molecule has 0 aliphatic heterocycles. The lowest BCUT2D eigenvalue weighted by atomic mass is 9.47. The first-order chi connectivity index (χ1) is 13.5. The summed E-state index contributed by atoms with van der Waals surface area (Å²) in [5, 5.41) is 23.8. The summed E-state index contributed by atoms with van der Waals surface area (Å²) in [6, 6.07) is 0. The van der Waals surface area contributed by atoms with Gasteiger partial charge in [0.15, 0.2) is 0 Å². The van der Waals surface area contributed by atoms with Gasteiger partial charge in [-0.05, 0) is 112 Å². The third-order valence-corrected chi connectivity index (χ3v) is 9.86. The second kappa shape index (κ2) is 7.64. The van der Waals surface area contributed by atoms with Gasteiger partial charge in [-0.3, -0.25) is 0 Å². The van der Waals surface area contributed by atoms with Gasteiger partial charge in [0.25, 0.3) is 0 Å². The number of rotatable bonds is 5. The van der Waals surface area contributed by atoms with Gasteiger partial charge < -0.3 is 15.5 Å². The fourth-order valence-electron chi connectivity index (χ4n) is 8.36. The molecule has 4 aliphatic rings. The van der Waals surface area contributed by atoms with E-state index in [4.69, 9.17) is 0 Å². The van der Waals surface area contributed by atoms with Gasteiger partial charge in [0, 0.05) is 6.54 Å². The smallest absolute Gasteiger partial charge is 0.0715 e. The van der Waals surface area contributed by atoms with Gasteiger partial charge >= 0.3 is 0 Å². The van der Waals surface area contributed by atoms with Crippen LogP contribution < -0.4 is 5.32 Å². The molecule has 0 amide bonds. The quantitative estimate of drug-likeness (QED) is 0.571. The Morgan fingerprint density at radius 3 is 2.62 bits per heavy atom. The van der Waals surface area contributed by atoms with Crippen LogP contribution in [0, 0.1) is 40.4 Å². The maximum Gasteiger partial charge on any atom is 0.0715 e. The van der Waals surface area contributed by atoms with Crippen molar-refractivity contribution in [1.82, 2.24) is 5.32 Å². The topological polar surface area (TPSA) is 52.5 Å². The van der Waals surface area contributed by atoms with Crippen LogP contribution in [0.4, 0.5) is 0 Å². The van der Waals surface area contributed by atoms with Crippen molar-refractivity contribution in [2.45, 2.75) is 97.7 Å². The second-order valence-electron chi connectivity index (χ2n) is 12.3. The van der Waals surface area contributed by atoms with Crippen LogP contribution in [0.2, 0.25) is 0 Å². The monoisotopic (exact) mass is 403 g/mol. The van der Waals surface area contributed by atoms with Crippen LogP contribution >= 0.6 is 0 Å². The molecule has 3 N–H and O–H groups in total. The molecule has 0 heterocycles. The molecule has 0 unspecified atom stereocenters. The first-order valence-electron chi connectivity index (χ1n) is 12.4. The number of nitrogens with one attached hydrogen (secondary N) is 1. The van der Waals surface area contributed by atoms with Crippen molar-refractivity contribution in [2.24, 2.45) is 40.4 Å². The van der Waals surface area contributed by atoms with Crippen LogP contribution in [0.5, 0.6) is 0 Å². The lowest BCUT2D eigenvalue weighted by Gasteiger charge is -2.58. The number of aliphatic hydroxyl groups excluding tert-OH is 1. The van der Waals surface area contributed by atoms with E-state index in [1.807, 2.05) is 13.8 Å². The van der Waals surface area contributed by atoms with Crippen molar-refractivity contribution < 1.29 is 10.2 Å². The molecule has 0 saturated heterocycles. The molecule has 3 heteroatoms. The lowest BCUT2D eigenvalue weighted by molar-refractivity contribution is -0.0567. The van der Waals surface area contributed by atoms with Crippen LogP contribution in [0.15, 0.2) is 11.6 Å². The SMILES string of the molecule is C[C@H](CNCC(C)(C)O)[C@H]1CC[C@H]2[C@@H]3CC=C4C[C@@H](O)CC[C@]4(C)[C@H]3CC[C@]12C. The fourth-order valence-corrected chi connectivity index (χ4v) is 8.36. The van der Waals surface area contributed by atoms with Crippen LogP contribution in [-0.2, 0) is 0 Å². The molecule has 0 radical (unpaired) electrons. The molecule has 29 heavy (non-hydrogen) atoms. The summed E-state index contributed by atoms with van der Waals surface area (Å²) in [4.78, 5) is 0. The normalized spacial score (nSPS) is 45.8. The Hall–Kier alpha value is -0.380. The summed E-state index contributed by atoms with van der Waals surface area (Å²) in [7, 11) is 0. The highest BCUT2D eigenvalue weighted by Crippen LogP contribution is 2.67. The number of aliphatic hydroxyl groups is 2. The molecule has 4 rings (SSSR count). The third-order valence-electron chi connectivity index (χ3n) is 9.86. The van der Waals surface area contributed by atoms with Gasteiger partial charge in [0.05, 0.1) is 11.7 Å². The van der Waals surface area contributed by atoms with Gasteiger partial charge in [0.2, 0.25) is 0 Å². The first kappa shape index (κ1) is 21.8. The molecule has 3 saturated carbocycles. The van der Waals surface area contributed by atoms with Gasteiger partial charge in [-0.2, -0.15) is 0 Å². The minimum absolute atomic E-state index is 0.104. The number of hydrogen-bond acceptors (Lipinski definition) is 3. The van der Waals surface area contributed by atoms with Crippen molar-refractivity contribution in [3.8, 4) is 0 Å². The van der Waals surface area contributed by atoms with E-state index in [0.717, 1.165) is 43.1 Å². The number of allylic oxidation sites excluding steroid dienone is 1. The van der Waals surface area contributed by atoms with E-state index in [9.17, 15) is 10.2 Å². The van der Waals surface area contributed by atoms with Crippen molar-refractivity contribution in [3.63, 3.8) is 0 Å². The molecule has 0 aromatic carbocycles. The zero-order valence-electron chi connectivity index (χ0n) is 19.5. The van der Waals surface area contributed by atoms with E-state index in [-0.39, 0.29) is 6.10 Å². The minimum Gasteiger partial charge on any atom is -0.393 e. The van der Waals surface area contributed by atoms with E-state index in [1.165, 1.54) is 38.5 Å². The van der Waals surface area contributed by atoms with Gasteiger partial charge in [-0.25, -0.2) is 0 Å². The molecular formula is C26H45NO2. The Morgan fingerprint density at radius 2 is 1.90 bits per heavy atom. The lowest BCUT2D eigenvalue weighted by Crippen LogP contribution is -2.51. The average molecular weight is 404 g/mol. The molecule has 0 aromatic rings. The molecule has 4 aliphatic carbocycles. The van der Waals surface area contributed by atoms with E-state index >= 15 is 0 Å². The average Bonchev–Trinajstić information content (AvgIpc) is 2.98. The van der Waals surface area contributed by atoms with Crippen molar-refractivity contribution >= 4 is 0 Å². The minimum atomic E-state index is -0.630. The maximum atomic E-state index is 10.2. The summed E-state index contributed by atoms with van der Waals surface area (Å²) < 4.78 is 0. The van der Waals surface area contributed by atoms with Gasteiger partial charge in [-0.1, -0.05) is 32.4 Å². The van der Waals surface area contributed by atoms with Crippen molar-refractivity contribution in [2.75, 3.05) is 13.1 Å². The summed E-state index contributed by atoms with van der Waals surface area (Å²) in [6.45, 7) is 13.0. The number of fused-ring (bicyclic) bond motifs is 5. The van der Waals surface area contributed by atoms with Gasteiger partial charge in [0.1, 0.15) is 0 Å². The Bertz CT molecular complexity index is 637. The second-order valence-corrected chi connectivity index (χ2v) is 12.3. The molecule has 8 atom stereocenters. The molecular weight excluding hydrogens is 358 g/mol. The van der Waals surface area contributed by atoms with E-state index in [2.05, 4.69) is 32.2 Å². The Labute approximate surface area is 178 Å². The Kier molecular flexibility index (Phi) is 5.75. The predicted molar refractivity (Wildman–Crippen MR) is 120 cm³/mol. The highest BCUT2D eigenvalue weighted by atomic mass is 16.3. The largest absolute Gasteiger partial charge is 0.393 e. The Morgan fingerprint density at radius 1 is 1.14 bits per heavy atom. The maximum absolute atomic E-state index is 10.2. The Balaban J connectivity index is 1.47. The van der Waals surface area contributed by atoms with E-state index in [1.54, 1.807) is 5.57 Å². The van der Waals surface area contributed by atoms with Crippen LogP contribution in [0.3, 0.4) is 0 Å². The zero-order chi connectivity index (χ0) is 21.0. The molecule has 0 bridgehead atoms. The highest BCUT2D eigenvalue weighted by molar-refractivity contribution is 5.25. The van der Waals surface area contributed by atoms with Crippen molar-refractivity contribution in [3.05, 3.63) is 11.6 Å². The first-order valence-corrected chi connectivity index (χ1v) is 12.4. The van der Waals surface area contributed by atoms with Crippen molar-refractivity contribution in [1.29, 1.82) is 0 Å². The number of hydrogen-bond donors (Lipinski definition) is 3. The van der Waals surface area contributed by atoms with E-state index in [0.29, 0.717) is 23.3 Å². The van der Waals surface area contributed by atoms with Gasteiger partial charge in [-0.15, -0.1) is 0 Å². The molecule has 0 aromatic heterocycles. The zero-order valence-corrected chi connectivity index (χ0v) is 19.5. The highest BCUT2D eigenvalue weighted by Gasteiger charge is 2.59.